The van der Waals surface area contributed by atoms with E-state index in [4.69, 9.17) is 0 Å². The van der Waals surface area contributed by atoms with Gasteiger partial charge in [0.25, 0.3) is 0 Å². The zero-order chi connectivity index (χ0) is 21.8. The summed E-state index contributed by atoms with van der Waals surface area (Å²) in [6.45, 7) is 4.87. The normalized spacial score (nSPS) is 17.0. The van der Waals surface area contributed by atoms with Gasteiger partial charge in [-0.1, -0.05) is 48.9 Å². The quantitative estimate of drug-likeness (QED) is 0.487. The number of benzene rings is 1. The Balaban J connectivity index is 1.52. The molecule has 162 valence electrons. The maximum atomic E-state index is 12.3. The van der Waals surface area contributed by atoms with Crippen molar-refractivity contribution in [2.45, 2.75) is 44.6 Å². The van der Waals surface area contributed by atoms with Gasteiger partial charge < -0.3 is 10.4 Å². The Morgan fingerprint density at radius 1 is 1.19 bits per heavy atom. The molecule has 0 saturated carbocycles. The van der Waals surface area contributed by atoms with E-state index in [1.807, 2.05) is 42.6 Å². The van der Waals surface area contributed by atoms with Gasteiger partial charge in [-0.25, -0.2) is 0 Å². The molecule has 3 aromatic rings. The van der Waals surface area contributed by atoms with E-state index in [0.717, 1.165) is 35.2 Å². The Labute approximate surface area is 181 Å². The Kier molecular flexibility index (Phi) is 6.20. The molecule has 0 bridgehead atoms. The van der Waals surface area contributed by atoms with Crippen LogP contribution < -0.4 is 5.32 Å². The van der Waals surface area contributed by atoms with Crippen molar-refractivity contribution < 1.29 is 9.90 Å². The van der Waals surface area contributed by atoms with E-state index in [1.165, 1.54) is 0 Å². The van der Waals surface area contributed by atoms with E-state index in [1.54, 1.807) is 6.92 Å². The van der Waals surface area contributed by atoms with E-state index >= 15 is 0 Å². The lowest BCUT2D eigenvalue weighted by Crippen LogP contribution is -2.56. The van der Waals surface area contributed by atoms with Crippen molar-refractivity contribution in [2.75, 3.05) is 13.1 Å². The van der Waals surface area contributed by atoms with Crippen LogP contribution in [-0.2, 0) is 16.8 Å². The van der Waals surface area contributed by atoms with Gasteiger partial charge in [-0.05, 0) is 37.0 Å². The number of nitrogens with one attached hydrogen (secondary N) is 2. The van der Waals surface area contributed by atoms with Crippen molar-refractivity contribution in [2.24, 2.45) is 5.92 Å². The van der Waals surface area contributed by atoms with Crippen LogP contribution in [0.1, 0.15) is 49.6 Å². The number of β-amino-alcohol motifs (C(OH)–C–C–N with tert-alkyl or cyclic N) is 1. The largest absolute Gasteiger partial charge is 0.382 e. The molecule has 0 amide bonds. The lowest BCUT2D eigenvalue weighted by molar-refractivity contribution is -0.121. The zero-order valence-electron chi connectivity index (χ0n) is 17.9. The SMILES string of the molecule is CCC[C@H](C(C)=O)[C@H](Cc1ccc(-c2ccc(C3(O)CNC3)cc2)nc1)c1nn[nH]n1. The van der Waals surface area contributed by atoms with E-state index in [9.17, 15) is 9.90 Å². The standard InChI is InChI=1S/C23H28N6O2/c1-3-4-19(15(2)30)20(22-26-28-29-27-22)11-16-5-10-21(25-12-16)17-6-8-18(9-7-17)23(31)13-24-14-23/h5-10,12,19-20,24,31H,3-4,11,13-14H2,1-2H3,(H,26,27,28,29)/t19-,20+/m1/s1. The van der Waals surface area contributed by atoms with Gasteiger partial charge >= 0.3 is 0 Å². The van der Waals surface area contributed by atoms with Crippen molar-refractivity contribution in [1.29, 1.82) is 0 Å². The van der Waals surface area contributed by atoms with E-state index in [2.05, 4.69) is 37.8 Å². The molecular weight excluding hydrogens is 392 g/mol. The topological polar surface area (TPSA) is 117 Å². The van der Waals surface area contributed by atoms with Crippen LogP contribution in [0, 0.1) is 5.92 Å². The van der Waals surface area contributed by atoms with Gasteiger partial charge in [-0.3, -0.25) is 9.78 Å². The number of hydrogen-bond acceptors (Lipinski definition) is 7. The molecule has 0 unspecified atom stereocenters. The van der Waals surface area contributed by atoms with E-state index in [0.29, 0.717) is 25.3 Å². The summed E-state index contributed by atoms with van der Waals surface area (Å²) in [5.74, 6) is 0.419. The summed E-state index contributed by atoms with van der Waals surface area (Å²) in [5, 5.41) is 28.1. The van der Waals surface area contributed by atoms with Crippen molar-refractivity contribution in [3.05, 3.63) is 59.5 Å². The number of aromatic amines is 1. The molecule has 4 rings (SSSR count). The van der Waals surface area contributed by atoms with Gasteiger partial charge in [-0.15, -0.1) is 10.2 Å². The summed E-state index contributed by atoms with van der Waals surface area (Å²) in [6, 6.07) is 11.9. The molecule has 2 atom stereocenters. The van der Waals surface area contributed by atoms with Gasteiger partial charge in [-0.2, -0.15) is 5.21 Å². The second-order valence-electron chi connectivity index (χ2n) is 8.35. The minimum atomic E-state index is -0.758. The fourth-order valence-electron chi connectivity index (χ4n) is 4.23. The average molecular weight is 421 g/mol. The van der Waals surface area contributed by atoms with Crippen molar-refractivity contribution >= 4 is 5.78 Å². The fraction of sp³-hybridized carbons (Fsp3) is 0.435. The Morgan fingerprint density at radius 2 is 1.97 bits per heavy atom. The van der Waals surface area contributed by atoms with Crippen LogP contribution >= 0.6 is 0 Å². The Bertz CT molecular complexity index is 998. The maximum Gasteiger partial charge on any atom is 0.178 e. The van der Waals surface area contributed by atoms with Gasteiger partial charge in [0.2, 0.25) is 0 Å². The Hall–Kier alpha value is -2.97. The highest BCUT2D eigenvalue weighted by molar-refractivity contribution is 5.79. The van der Waals surface area contributed by atoms with Gasteiger partial charge in [0.1, 0.15) is 11.4 Å². The summed E-state index contributed by atoms with van der Waals surface area (Å²) >= 11 is 0. The number of rotatable bonds is 9. The van der Waals surface area contributed by atoms with Gasteiger partial charge in [0, 0.05) is 36.7 Å². The van der Waals surface area contributed by atoms with Crippen molar-refractivity contribution in [1.82, 2.24) is 30.9 Å². The number of aromatic nitrogens is 5. The van der Waals surface area contributed by atoms with Crippen LogP contribution in [-0.4, -0.2) is 49.6 Å². The number of Topliss-reactive ketones (excluding diaryl/α,β-unsaturated/α-hetero) is 1. The first kappa shape index (κ1) is 21.3. The predicted octanol–water partition coefficient (Wildman–Crippen LogP) is 2.38. The van der Waals surface area contributed by atoms with E-state index < -0.39 is 5.60 Å². The molecule has 1 aromatic carbocycles. The van der Waals surface area contributed by atoms with Gasteiger partial charge in [0.15, 0.2) is 5.82 Å². The number of carbonyl (C=O) groups is 1. The third-order valence-electron chi connectivity index (χ3n) is 6.13. The van der Waals surface area contributed by atoms with Crippen LogP contribution in [0.5, 0.6) is 0 Å². The Morgan fingerprint density at radius 3 is 2.48 bits per heavy atom. The molecule has 1 aliphatic rings. The monoisotopic (exact) mass is 420 g/mol. The third kappa shape index (κ3) is 4.55. The highest BCUT2D eigenvalue weighted by atomic mass is 16.3. The number of nitrogens with zero attached hydrogens (tertiary/aromatic N) is 4. The number of carbonyl (C=O) groups excluding carboxylic acids is 1. The first-order chi connectivity index (χ1) is 15.0. The summed E-state index contributed by atoms with van der Waals surface area (Å²) in [7, 11) is 0. The highest BCUT2D eigenvalue weighted by Crippen LogP contribution is 2.31. The lowest BCUT2D eigenvalue weighted by Gasteiger charge is -2.38. The summed E-state index contributed by atoms with van der Waals surface area (Å²) in [6.07, 6.45) is 4.17. The molecule has 1 aliphatic heterocycles. The van der Waals surface area contributed by atoms with Crippen LogP contribution in [0.2, 0.25) is 0 Å². The molecule has 0 radical (unpaired) electrons. The molecule has 8 heteroatoms. The zero-order valence-corrected chi connectivity index (χ0v) is 17.9. The van der Waals surface area contributed by atoms with Crippen LogP contribution in [0.4, 0.5) is 0 Å². The van der Waals surface area contributed by atoms with Crippen LogP contribution in [0.25, 0.3) is 11.3 Å². The van der Waals surface area contributed by atoms with Gasteiger partial charge in [0.05, 0.1) is 5.69 Å². The average Bonchev–Trinajstić information content (AvgIpc) is 3.29. The molecule has 3 N–H and O–H groups in total. The smallest absolute Gasteiger partial charge is 0.178 e. The van der Waals surface area contributed by atoms with E-state index in [-0.39, 0.29) is 17.6 Å². The molecular formula is C23H28N6O2. The van der Waals surface area contributed by atoms with Crippen molar-refractivity contribution in [3.8, 4) is 11.3 Å². The molecule has 3 heterocycles. The number of aliphatic hydroxyl groups is 1. The molecule has 1 fully saturated rings. The summed E-state index contributed by atoms with van der Waals surface area (Å²) in [5.41, 5.74) is 3.04. The first-order valence-corrected chi connectivity index (χ1v) is 10.7. The number of ketones is 1. The molecule has 31 heavy (non-hydrogen) atoms. The fourth-order valence-corrected chi connectivity index (χ4v) is 4.23. The number of tetrazole rings is 1. The number of hydrogen-bond donors (Lipinski definition) is 3. The summed E-state index contributed by atoms with van der Waals surface area (Å²) in [4.78, 5) is 16.9. The second kappa shape index (κ2) is 9.03. The minimum absolute atomic E-state index is 0.139. The third-order valence-corrected chi connectivity index (χ3v) is 6.13. The number of pyridine rings is 1. The molecule has 0 spiro atoms. The van der Waals surface area contributed by atoms with Crippen LogP contribution in [0.15, 0.2) is 42.6 Å². The minimum Gasteiger partial charge on any atom is -0.382 e. The second-order valence-corrected chi connectivity index (χ2v) is 8.35. The highest BCUT2D eigenvalue weighted by Gasteiger charge is 2.36. The predicted molar refractivity (Wildman–Crippen MR) is 116 cm³/mol. The maximum absolute atomic E-state index is 12.3. The first-order valence-electron chi connectivity index (χ1n) is 10.7. The van der Waals surface area contributed by atoms with Crippen molar-refractivity contribution in [3.63, 3.8) is 0 Å². The lowest BCUT2D eigenvalue weighted by atomic mass is 9.81. The summed E-state index contributed by atoms with van der Waals surface area (Å²) < 4.78 is 0. The van der Waals surface area contributed by atoms with Crippen LogP contribution in [0.3, 0.4) is 0 Å². The molecule has 1 saturated heterocycles. The number of H-pyrrole nitrogens is 1. The molecule has 0 aliphatic carbocycles. The molecule has 2 aromatic heterocycles. The molecule has 8 nitrogen and oxygen atoms in total.